The van der Waals surface area contributed by atoms with Gasteiger partial charge in [-0.25, -0.2) is 0 Å². The fourth-order valence-corrected chi connectivity index (χ4v) is 3.45. The topological polar surface area (TPSA) is 41.7 Å². The second-order valence-electron chi connectivity index (χ2n) is 6.92. The van der Waals surface area contributed by atoms with Gasteiger partial charge in [-0.3, -0.25) is 9.80 Å². The molecular weight excluding hydrogens is 262 g/mol. The Bertz CT molecular complexity index is 515. The first-order valence-electron chi connectivity index (χ1n) is 7.92. The van der Waals surface area contributed by atoms with Crippen LogP contribution >= 0.6 is 0 Å². The molecule has 1 fully saturated rings. The second-order valence-corrected chi connectivity index (χ2v) is 6.92. The summed E-state index contributed by atoms with van der Waals surface area (Å²) in [5.74, 6) is 1.05. The number of ether oxygens (including phenoxy) is 1. The summed E-state index contributed by atoms with van der Waals surface area (Å²) in [5, 5.41) is 0. The number of rotatable bonds is 3. The van der Waals surface area contributed by atoms with Gasteiger partial charge in [-0.2, -0.15) is 0 Å². The van der Waals surface area contributed by atoms with E-state index in [9.17, 15) is 0 Å². The van der Waals surface area contributed by atoms with Crippen LogP contribution in [0.1, 0.15) is 31.0 Å². The zero-order chi connectivity index (χ0) is 15.0. The van der Waals surface area contributed by atoms with Crippen molar-refractivity contribution in [2.24, 2.45) is 5.73 Å². The first kappa shape index (κ1) is 14.8. The molecule has 4 heteroatoms. The first-order valence-corrected chi connectivity index (χ1v) is 7.92. The number of nitrogens with two attached hydrogens (primary N) is 1. The number of nitrogens with zero attached hydrogens (tertiary/aromatic N) is 2. The van der Waals surface area contributed by atoms with Gasteiger partial charge < -0.3 is 10.5 Å². The van der Waals surface area contributed by atoms with Gasteiger partial charge in [0.1, 0.15) is 5.75 Å². The zero-order valence-corrected chi connectivity index (χ0v) is 13.4. The van der Waals surface area contributed by atoms with Crippen LogP contribution in [0.25, 0.3) is 0 Å². The van der Waals surface area contributed by atoms with Crippen LogP contribution in [0, 0.1) is 0 Å². The van der Waals surface area contributed by atoms with Gasteiger partial charge >= 0.3 is 0 Å². The van der Waals surface area contributed by atoms with Crippen LogP contribution < -0.4 is 10.5 Å². The minimum absolute atomic E-state index is 0.200. The van der Waals surface area contributed by atoms with Crippen LogP contribution in [0.3, 0.4) is 0 Å². The molecule has 21 heavy (non-hydrogen) atoms. The summed E-state index contributed by atoms with van der Waals surface area (Å²) >= 11 is 0. The summed E-state index contributed by atoms with van der Waals surface area (Å²) < 4.78 is 5.61. The summed E-state index contributed by atoms with van der Waals surface area (Å²) in [6.07, 6.45) is 1.02. The molecule has 2 aliphatic heterocycles. The maximum Gasteiger partial charge on any atom is 0.122 e. The lowest BCUT2D eigenvalue weighted by atomic mass is 9.95. The largest absolute Gasteiger partial charge is 0.493 e. The molecule has 2 heterocycles. The molecule has 1 atom stereocenters. The van der Waals surface area contributed by atoms with Crippen molar-refractivity contribution >= 4 is 0 Å². The molecule has 0 saturated carbocycles. The number of benzene rings is 1. The number of piperazine rings is 1. The van der Waals surface area contributed by atoms with Crippen molar-refractivity contribution in [3.63, 3.8) is 0 Å². The fourth-order valence-electron chi connectivity index (χ4n) is 3.45. The molecule has 0 spiro atoms. The van der Waals surface area contributed by atoms with Gasteiger partial charge in [0, 0.05) is 44.2 Å². The highest BCUT2D eigenvalue weighted by atomic mass is 16.5. The van der Waals surface area contributed by atoms with Gasteiger partial charge in [0.05, 0.1) is 6.61 Å². The van der Waals surface area contributed by atoms with E-state index in [-0.39, 0.29) is 5.54 Å². The molecule has 2 N–H and O–H groups in total. The van der Waals surface area contributed by atoms with Gasteiger partial charge in [0.2, 0.25) is 0 Å². The zero-order valence-electron chi connectivity index (χ0n) is 13.4. The number of hydrogen-bond acceptors (Lipinski definition) is 4. The minimum Gasteiger partial charge on any atom is -0.493 e. The van der Waals surface area contributed by atoms with Crippen LogP contribution in [-0.2, 0) is 6.42 Å². The predicted molar refractivity (Wildman–Crippen MR) is 85.7 cm³/mol. The van der Waals surface area contributed by atoms with E-state index in [4.69, 9.17) is 10.5 Å². The van der Waals surface area contributed by atoms with Gasteiger partial charge in [-0.05, 0) is 38.1 Å². The van der Waals surface area contributed by atoms with E-state index < -0.39 is 0 Å². The van der Waals surface area contributed by atoms with Crippen molar-refractivity contribution in [1.82, 2.24) is 9.80 Å². The summed E-state index contributed by atoms with van der Waals surface area (Å²) in [6, 6.07) is 6.91. The Morgan fingerprint density at radius 1 is 1.33 bits per heavy atom. The lowest BCUT2D eigenvalue weighted by Gasteiger charge is -2.48. The third-order valence-corrected chi connectivity index (χ3v) is 5.11. The number of fused-ring (bicyclic) bond motifs is 1. The van der Waals surface area contributed by atoms with E-state index >= 15 is 0 Å². The molecule has 0 aliphatic carbocycles. The van der Waals surface area contributed by atoms with Gasteiger partial charge in [0.25, 0.3) is 0 Å². The van der Waals surface area contributed by atoms with E-state index in [1.54, 1.807) is 0 Å². The van der Waals surface area contributed by atoms with E-state index in [1.165, 1.54) is 11.1 Å². The van der Waals surface area contributed by atoms with Crippen molar-refractivity contribution in [3.8, 4) is 5.75 Å². The van der Waals surface area contributed by atoms with E-state index in [1.807, 2.05) is 0 Å². The maximum absolute atomic E-state index is 6.12. The Labute approximate surface area is 127 Å². The van der Waals surface area contributed by atoms with Crippen LogP contribution in [0.5, 0.6) is 5.75 Å². The van der Waals surface area contributed by atoms with Crippen LogP contribution in [0.4, 0.5) is 0 Å². The van der Waals surface area contributed by atoms with Crippen molar-refractivity contribution in [3.05, 3.63) is 29.3 Å². The molecule has 0 aromatic heterocycles. The van der Waals surface area contributed by atoms with Crippen LogP contribution in [0.15, 0.2) is 18.2 Å². The summed E-state index contributed by atoms with van der Waals surface area (Å²) in [7, 11) is 2.21. The van der Waals surface area contributed by atoms with E-state index in [2.05, 4.69) is 48.9 Å². The molecule has 1 unspecified atom stereocenters. The minimum atomic E-state index is 0.200. The molecule has 1 saturated heterocycles. The average Bonchev–Trinajstić information content (AvgIpc) is 2.91. The molecule has 116 valence electrons. The van der Waals surface area contributed by atoms with E-state index in [0.717, 1.165) is 38.4 Å². The Balaban J connectivity index is 1.82. The molecule has 4 nitrogen and oxygen atoms in total. The molecule has 2 aliphatic rings. The summed E-state index contributed by atoms with van der Waals surface area (Å²) in [5.41, 5.74) is 8.99. The van der Waals surface area contributed by atoms with Crippen molar-refractivity contribution in [2.75, 3.05) is 39.8 Å². The average molecular weight is 289 g/mol. The van der Waals surface area contributed by atoms with Crippen molar-refractivity contribution in [2.45, 2.75) is 31.8 Å². The standard InChI is InChI=1S/C17H27N3O/c1-17(2)12-20(8-7-19(17)3)15(11-18)13-4-5-16-14(10-13)6-9-21-16/h4-5,10,15H,6-9,11-12,18H2,1-3H3. The van der Waals surface area contributed by atoms with E-state index in [0.29, 0.717) is 12.6 Å². The Morgan fingerprint density at radius 3 is 2.86 bits per heavy atom. The summed E-state index contributed by atoms with van der Waals surface area (Å²) in [6.45, 7) is 9.32. The number of hydrogen-bond donors (Lipinski definition) is 1. The van der Waals surface area contributed by atoms with Crippen molar-refractivity contribution < 1.29 is 4.74 Å². The molecule has 1 aromatic carbocycles. The highest BCUT2D eigenvalue weighted by Crippen LogP contribution is 2.32. The molecule has 0 radical (unpaired) electrons. The normalized spacial score (nSPS) is 23.6. The lowest BCUT2D eigenvalue weighted by Crippen LogP contribution is -2.58. The van der Waals surface area contributed by atoms with Crippen LogP contribution in [0.2, 0.25) is 0 Å². The molecule has 0 amide bonds. The number of likely N-dealkylation sites (N-methyl/N-ethyl adjacent to an activating group) is 1. The van der Waals surface area contributed by atoms with Crippen molar-refractivity contribution in [1.29, 1.82) is 0 Å². The summed E-state index contributed by atoms with van der Waals surface area (Å²) in [4.78, 5) is 4.98. The van der Waals surface area contributed by atoms with Gasteiger partial charge in [0.15, 0.2) is 0 Å². The Kier molecular flexibility index (Phi) is 3.95. The Hall–Kier alpha value is -1.10. The third kappa shape index (κ3) is 2.80. The molecule has 3 rings (SSSR count). The highest BCUT2D eigenvalue weighted by molar-refractivity contribution is 5.41. The first-order chi connectivity index (χ1) is 10.0. The fraction of sp³-hybridized carbons (Fsp3) is 0.647. The third-order valence-electron chi connectivity index (χ3n) is 5.11. The van der Waals surface area contributed by atoms with Gasteiger partial charge in [-0.15, -0.1) is 0 Å². The lowest BCUT2D eigenvalue weighted by molar-refractivity contribution is 0.0180. The SMILES string of the molecule is CN1CCN(C(CN)c2ccc3c(c2)CCO3)CC1(C)C. The highest BCUT2D eigenvalue weighted by Gasteiger charge is 2.34. The molecular formula is C17H27N3O. The quantitative estimate of drug-likeness (QED) is 0.919. The Morgan fingerprint density at radius 2 is 2.14 bits per heavy atom. The van der Waals surface area contributed by atoms with Crippen LogP contribution in [-0.4, -0.2) is 55.2 Å². The molecule has 1 aromatic rings. The smallest absolute Gasteiger partial charge is 0.122 e. The maximum atomic E-state index is 6.12. The van der Waals surface area contributed by atoms with Gasteiger partial charge in [-0.1, -0.05) is 12.1 Å². The second kappa shape index (κ2) is 5.59. The molecule has 0 bridgehead atoms. The monoisotopic (exact) mass is 289 g/mol. The predicted octanol–water partition coefficient (Wildman–Crippen LogP) is 1.65.